The van der Waals surface area contributed by atoms with Gasteiger partial charge >= 0.3 is 12.1 Å². The van der Waals surface area contributed by atoms with Crippen molar-refractivity contribution in [2.75, 3.05) is 26.3 Å². The van der Waals surface area contributed by atoms with E-state index in [2.05, 4.69) is 5.48 Å². The molecule has 5 N–H and O–H groups in total. The number of carbonyl (C=O) groups is 2. The van der Waals surface area contributed by atoms with Gasteiger partial charge in [-0.25, -0.2) is 10.3 Å². The minimum Gasteiger partial charge on any atom is -0.493 e. The minimum absolute atomic E-state index is 0.00367. The monoisotopic (exact) mass is 468 g/mol. The number of halogens is 4. The number of piperidine rings is 1. The van der Waals surface area contributed by atoms with E-state index in [0.717, 1.165) is 25.9 Å². The lowest BCUT2D eigenvalue weighted by atomic mass is 10.1. The number of carbonyl (C=O) groups excluding carboxylic acids is 1. The first-order chi connectivity index (χ1) is 14.5. The van der Waals surface area contributed by atoms with Crippen LogP contribution in [0.5, 0.6) is 5.75 Å². The van der Waals surface area contributed by atoms with Crippen molar-refractivity contribution >= 4 is 29.4 Å². The molecule has 1 aromatic rings. The van der Waals surface area contributed by atoms with Crippen molar-refractivity contribution in [3.63, 3.8) is 0 Å². The van der Waals surface area contributed by atoms with Crippen LogP contribution in [-0.4, -0.2) is 60.3 Å². The van der Waals surface area contributed by atoms with E-state index in [1.807, 2.05) is 4.90 Å². The van der Waals surface area contributed by atoms with Crippen LogP contribution in [0.15, 0.2) is 18.2 Å². The second kappa shape index (κ2) is 12.8. The van der Waals surface area contributed by atoms with Gasteiger partial charge in [-0.05, 0) is 37.5 Å². The molecule has 0 unspecified atom stereocenters. The van der Waals surface area contributed by atoms with Crippen molar-refractivity contribution in [2.45, 2.75) is 31.9 Å². The molecule has 1 aliphatic rings. The smallest absolute Gasteiger partial charge is 0.490 e. The molecule has 1 fully saturated rings. The summed E-state index contributed by atoms with van der Waals surface area (Å²) in [7, 11) is 0. The second-order valence-corrected chi connectivity index (χ2v) is 6.83. The molecule has 1 aliphatic heterocycles. The van der Waals surface area contributed by atoms with E-state index in [1.54, 1.807) is 18.2 Å². The van der Waals surface area contributed by atoms with Crippen LogP contribution < -0.4 is 16.0 Å². The number of hydroxylamine groups is 1. The van der Waals surface area contributed by atoms with E-state index in [4.69, 9.17) is 42.2 Å². The number of guanidine groups is 1. The van der Waals surface area contributed by atoms with Gasteiger partial charge in [0.25, 0.3) is 5.91 Å². The molecule has 0 aromatic heterocycles. The summed E-state index contributed by atoms with van der Waals surface area (Å²) < 4.78 is 37.4. The van der Waals surface area contributed by atoms with E-state index >= 15 is 0 Å². The molecule has 1 aromatic carbocycles. The summed E-state index contributed by atoms with van der Waals surface area (Å²) in [5, 5.41) is 14.5. The summed E-state index contributed by atoms with van der Waals surface area (Å²) in [4.78, 5) is 28.2. The van der Waals surface area contributed by atoms with Crippen molar-refractivity contribution in [3.05, 3.63) is 28.8 Å². The first kappa shape index (κ1) is 26.3. The van der Waals surface area contributed by atoms with Gasteiger partial charge in [-0.3, -0.25) is 15.0 Å². The van der Waals surface area contributed by atoms with E-state index in [1.165, 1.54) is 6.42 Å². The molecule has 31 heavy (non-hydrogen) atoms. The maximum Gasteiger partial charge on any atom is 0.490 e. The highest BCUT2D eigenvalue weighted by molar-refractivity contribution is 6.31. The van der Waals surface area contributed by atoms with Crippen molar-refractivity contribution in [1.82, 2.24) is 10.4 Å². The van der Waals surface area contributed by atoms with Crippen LogP contribution in [0.1, 0.15) is 36.0 Å². The molecule has 0 spiro atoms. The summed E-state index contributed by atoms with van der Waals surface area (Å²) >= 11 is 6.11. The molecule has 1 amide bonds. The fourth-order valence-corrected chi connectivity index (χ4v) is 2.72. The number of ether oxygens (including phenoxy) is 1. The highest BCUT2D eigenvalue weighted by Gasteiger charge is 2.38. The predicted molar refractivity (Wildman–Crippen MR) is 106 cm³/mol. The first-order valence-corrected chi connectivity index (χ1v) is 9.63. The van der Waals surface area contributed by atoms with E-state index in [-0.39, 0.29) is 11.9 Å². The van der Waals surface area contributed by atoms with Crippen LogP contribution >= 0.6 is 11.6 Å². The normalized spacial score (nSPS) is 13.6. The average Bonchev–Trinajstić information content (AvgIpc) is 2.70. The lowest BCUT2D eigenvalue weighted by molar-refractivity contribution is -0.192. The van der Waals surface area contributed by atoms with Gasteiger partial charge < -0.3 is 20.5 Å². The lowest BCUT2D eigenvalue weighted by Gasteiger charge is -2.27. The third-order valence-corrected chi connectivity index (χ3v) is 4.06. The number of alkyl halides is 3. The zero-order chi connectivity index (χ0) is 23.4. The Hall–Kier alpha value is -2.73. The molecule has 1 saturated heterocycles. The number of likely N-dealkylation sites (tertiary alicyclic amines) is 1. The van der Waals surface area contributed by atoms with Gasteiger partial charge in [0.1, 0.15) is 5.75 Å². The van der Waals surface area contributed by atoms with Gasteiger partial charge in [0.15, 0.2) is 0 Å². The maximum absolute atomic E-state index is 12.5. The van der Waals surface area contributed by atoms with E-state index < -0.39 is 12.1 Å². The largest absolute Gasteiger partial charge is 0.493 e. The van der Waals surface area contributed by atoms with Crippen LogP contribution in [-0.2, 0) is 9.63 Å². The highest BCUT2D eigenvalue weighted by Crippen LogP contribution is 2.23. The SMILES string of the molecule is N=C(N)NOCCCOc1cc(Cl)cc(C(=O)N2CCCCC2)c1.O=C(O)C(F)(F)F. The van der Waals surface area contributed by atoms with Crippen LogP contribution in [0, 0.1) is 5.41 Å². The van der Waals surface area contributed by atoms with E-state index in [9.17, 15) is 18.0 Å². The zero-order valence-electron chi connectivity index (χ0n) is 16.5. The van der Waals surface area contributed by atoms with Crippen molar-refractivity contribution in [2.24, 2.45) is 5.73 Å². The van der Waals surface area contributed by atoms with Gasteiger partial charge in [-0.1, -0.05) is 11.6 Å². The Balaban J connectivity index is 0.000000592. The number of hydrogen-bond acceptors (Lipinski definition) is 5. The molecule has 0 saturated carbocycles. The number of aliphatic carboxylic acids is 1. The van der Waals surface area contributed by atoms with Gasteiger partial charge in [0, 0.05) is 30.1 Å². The van der Waals surface area contributed by atoms with Crippen LogP contribution in [0.25, 0.3) is 0 Å². The standard InChI is InChI=1S/C16H23ClN4O3.C2HF3O2/c17-13-9-12(15(22)21-5-2-1-3-6-21)10-14(11-13)23-7-4-8-24-20-16(18)19;3-2(4,5)1(6)7/h9-11H,1-8H2,(H4,18,19,20);(H,6,7). The molecule has 0 bridgehead atoms. The molecular weight excluding hydrogens is 445 g/mol. The third-order valence-electron chi connectivity index (χ3n) is 3.85. The van der Waals surface area contributed by atoms with Crippen molar-refractivity contribution in [3.8, 4) is 5.75 Å². The number of carboxylic acid groups (broad SMARTS) is 1. The number of nitrogens with one attached hydrogen (secondary N) is 2. The number of hydrogen-bond donors (Lipinski definition) is 4. The maximum atomic E-state index is 12.5. The number of amides is 1. The zero-order valence-corrected chi connectivity index (χ0v) is 17.3. The van der Waals surface area contributed by atoms with Crippen molar-refractivity contribution in [1.29, 1.82) is 5.41 Å². The van der Waals surface area contributed by atoms with Crippen LogP contribution in [0.2, 0.25) is 5.02 Å². The molecule has 0 atom stereocenters. The molecule has 2 rings (SSSR count). The van der Waals surface area contributed by atoms with Crippen LogP contribution in [0.4, 0.5) is 13.2 Å². The topological polar surface area (TPSA) is 138 Å². The van der Waals surface area contributed by atoms with Gasteiger partial charge in [0.05, 0.1) is 13.2 Å². The molecule has 1 heterocycles. The Morgan fingerprint density at radius 1 is 1.19 bits per heavy atom. The quantitative estimate of drug-likeness (QED) is 0.209. The van der Waals surface area contributed by atoms with Gasteiger partial charge in [-0.2, -0.15) is 13.2 Å². The van der Waals surface area contributed by atoms with E-state index in [0.29, 0.717) is 36.0 Å². The Morgan fingerprint density at radius 3 is 2.35 bits per heavy atom. The number of benzene rings is 1. The predicted octanol–water partition coefficient (Wildman–Crippen LogP) is 2.78. The van der Waals surface area contributed by atoms with Crippen LogP contribution in [0.3, 0.4) is 0 Å². The Morgan fingerprint density at radius 2 is 1.81 bits per heavy atom. The molecule has 0 radical (unpaired) electrons. The summed E-state index contributed by atoms with van der Waals surface area (Å²) in [6.45, 7) is 2.33. The Labute approximate surface area is 181 Å². The molecule has 0 aliphatic carbocycles. The minimum atomic E-state index is -5.08. The Kier molecular flexibility index (Phi) is 10.9. The first-order valence-electron chi connectivity index (χ1n) is 9.25. The van der Waals surface area contributed by atoms with Gasteiger partial charge in [-0.15, -0.1) is 0 Å². The third kappa shape index (κ3) is 10.7. The summed E-state index contributed by atoms with van der Waals surface area (Å²) in [5.74, 6) is -2.45. The highest BCUT2D eigenvalue weighted by atomic mass is 35.5. The number of carboxylic acids is 1. The second-order valence-electron chi connectivity index (χ2n) is 6.40. The molecule has 174 valence electrons. The Bertz CT molecular complexity index is 758. The molecule has 9 nitrogen and oxygen atoms in total. The number of nitrogens with two attached hydrogens (primary N) is 1. The number of nitrogens with zero attached hydrogens (tertiary/aromatic N) is 1. The molecular formula is C18H24ClF3N4O5. The summed E-state index contributed by atoms with van der Waals surface area (Å²) in [6, 6.07) is 5.08. The average molecular weight is 469 g/mol. The summed E-state index contributed by atoms with van der Waals surface area (Å²) in [5.41, 5.74) is 7.88. The number of rotatable bonds is 7. The lowest BCUT2D eigenvalue weighted by Crippen LogP contribution is -2.35. The molecule has 13 heteroatoms. The van der Waals surface area contributed by atoms with Gasteiger partial charge in [0.2, 0.25) is 5.96 Å². The summed E-state index contributed by atoms with van der Waals surface area (Å²) in [6.07, 6.45) is -1.22. The fourth-order valence-electron chi connectivity index (χ4n) is 2.50. The fraction of sp³-hybridized carbons (Fsp3) is 0.500. The van der Waals surface area contributed by atoms with Crippen molar-refractivity contribution < 1.29 is 37.4 Å².